The third-order valence-corrected chi connectivity index (χ3v) is 7.04. The average Bonchev–Trinajstić information content (AvgIpc) is 2.74. The fourth-order valence-corrected chi connectivity index (χ4v) is 5.31. The zero-order valence-electron chi connectivity index (χ0n) is 16.7. The van der Waals surface area contributed by atoms with Gasteiger partial charge in [0, 0.05) is 0 Å². The standard InChI is InChI=1S/C24H29F4N/c25-23(16-29)3-1-2-17-4-6-18(7-5-17)19-8-10-20(11-9-19)21-12-14-22(15-13-21)24(26,27)28/h3,12-15,17-20H,1-2,4-11H2/b23-3-. The smallest absolute Gasteiger partial charge is 0.195 e. The topological polar surface area (TPSA) is 23.8 Å². The molecule has 29 heavy (non-hydrogen) atoms. The molecule has 0 atom stereocenters. The third kappa shape index (κ3) is 6.07. The van der Waals surface area contributed by atoms with E-state index in [0.29, 0.717) is 18.3 Å². The van der Waals surface area contributed by atoms with Crippen molar-refractivity contribution in [1.29, 1.82) is 5.26 Å². The van der Waals surface area contributed by atoms with E-state index < -0.39 is 17.6 Å². The lowest BCUT2D eigenvalue weighted by atomic mass is 9.68. The molecule has 0 bridgehead atoms. The highest BCUT2D eigenvalue weighted by Crippen LogP contribution is 2.44. The van der Waals surface area contributed by atoms with Gasteiger partial charge in [-0.1, -0.05) is 25.0 Å². The summed E-state index contributed by atoms with van der Waals surface area (Å²) in [5, 5.41) is 8.45. The van der Waals surface area contributed by atoms with Crippen molar-refractivity contribution in [2.24, 2.45) is 17.8 Å². The van der Waals surface area contributed by atoms with Gasteiger partial charge in [0.2, 0.25) is 0 Å². The molecule has 5 heteroatoms. The van der Waals surface area contributed by atoms with Gasteiger partial charge in [0.15, 0.2) is 5.83 Å². The molecule has 0 N–H and O–H groups in total. The summed E-state index contributed by atoms with van der Waals surface area (Å²) in [4.78, 5) is 0. The Balaban J connectivity index is 1.42. The van der Waals surface area contributed by atoms with Gasteiger partial charge in [0.05, 0.1) is 5.56 Å². The lowest BCUT2D eigenvalue weighted by Crippen LogP contribution is -2.25. The van der Waals surface area contributed by atoms with Gasteiger partial charge in [-0.25, -0.2) is 0 Å². The van der Waals surface area contributed by atoms with Crippen LogP contribution in [0.3, 0.4) is 0 Å². The van der Waals surface area contributed by atoms with E-state index in [4.69, 9.17) is 5.26 Å². The van der Waals surface area contributed by atoms with E-state index in [-0.39, 0.29) is 0 Å². The molecule has 0 spiro atoms. The lowest BCUT2D eigenvalue weighted by molar-refractivity contribution is -0.137. The second-order valence-electron chi connectivity index (χ2n) is 8.75. The zero-order valence-corrected chi connectivity index (χ0v) is 16.7. The highest BCUT2D eigenvalue weighted by Gasteiger charge is 2.32. The molecule has 2 fully saturated rings. The first-order valence-electron chi connectivity index (χ1n) is 10.8. The van der Waals surface area contributed by atoms with Crippen LogP contribution >= 0.6 is 0 Å². The minimum atomic E-state index is -4.27. The molecule has 0 heterocycles. The van der Waals surface area contributed by atoms with E-state index in [0.717, 1.165) is 49.5 Å². The molecule has 2 saturated carbocycles. The Kier molecular flexibility index (Phi) is 7.38. The van der Waals surface area contributed by atoms with Crippen molar-refractivity contribution in [3.05, 3.63) is 47.3 Å². The molecule has 0 saturated heterocycles. The summed E-state index contributed by atoms with van der Waals surface area (Å²) in [6.45, 7) is 0. The molecule has 158 valence electrons. The van der Waals surface area contributed by atoms with Crippen LogP contribution in [-0.4, -0.2) is 0 Å². The van der Waals surface area contributed by atoms with Crippen molar-refractivity contribution < 1.29 is 17.6 Å². The van der Waals surface area contributed by atoms with Crippen molar-refractivity contribution in [3.63, 3.8) is 0 Å². The van der Waals surface area contributed by atoms with Gasteiger partial charge >= 0.3 is 6.18 Å². The van der Waals surface area contributed by atoms with Crippen molar-refractivity contribution in [2.75, 3.05) is 0 Å². The first-order valence-corrected chi connectivity index (χ1v) is 10.8. The maximum atomic E-state index is 12.9. The summed E-state index contributed by atoms with van der Waals surface area (Å²) < 4.78 is 51.1. The van der Waals surface area contributed by atoms with Gasteiger partial charge in [0.25, 0.3) is 0 Å². The predicted molar refractivity (Wildman–Crippen MR) is 106 cm³/mol. The van der Waals surface area contributed by atoms with E-state index in [1.54, 1.807) is 12.1 Å². The van der Waals surface area contributed by atoms with Crippen LogP contribution in [0.1, 0.15) is 81.3 Å². The Bertz CT molecular complexity index is 713. The molecule has 0 unspecified atom stereocenters. The van der Waals surface area contributed by atoms with Crippen LogP contribution in [0.4, 0.5) is 17.6 Å². The summed E-state index contributed by atoms with van der Waals surface area (Å²) in [5.41, 5.74) is 0.468. The predicted octanol–water partition coefficient (Wildman–Crippen LogP) is 7.94. The van der Waals surface area contributed by atoms with Crippen molar-refractivity contribution in [1.82, 2.24) is 0 Å². The van der Waals surface area contributed by atoms with Crippen molar-refractivity contribution >= 4 is 0 Å². The van der Waals surface area contributed by atoms with Crippen LogP contribution in [0.5, 0.6) is 0 Å². The highest BCUT2D eigenvalue weighted by atomic mass is 19.4. The van der Waals surface area contributed by atoms with Crippen molar-refractivity contribution in [3.8, 4) is 6.07 Å². The number of rotatable bonds is 5. The van der Waals surface area contributed by atoms with Crippen LogP contribution in [0.15, 0.2) is 36.2 Å². The second kappa shape index (κ2) is 9.78. The number of alkyl halides is 3. The van der Waals surface area contributed by atoms with Crippen LogP contribution in [0.25, 0.3) is 0 Å². The Morgan fingerprint density at radius 3 is 2.00 bits per heavy atom. The normalized spacial score (nSPS) is 28.7. The Morgan fingerprint density at radius 1 is 0.931 bits per heavy atom. The van der Waals surface area contributed by atoms with Crippen LogP contribution < -0.4 is 0 Å². The first kappa shape index (κ1) is 21.9. The van der Waals surface area contributed by atoms with Gasteiger partial charge in [-0.05, 0) is 98.8 Å². The van der Waals surface area contributed by atoms with E-state index >= 15 is 0 Å². The van der Waals surface area contributed by atoms with Gasteiger partial charge in [-0.2, -0.15) is 22.8 Å². The van der Waals surface area contributed by atoms with E-state index in [1.807, 2.05) is 0 Å². The Morgan fingerprint density at radius 2 is 1.48 bits per heavy atom. The number of nitrogens with zero attached hydrogens (tertiary/aromatic N) is 1. The molecule has 0 radical (unpaired) electrons. The number of allylic oxidation sites excluding steroid dienone is 2. The highest BCUT2D eigenvalue weighted by molar-refractivity contribution is 5.27. The lowest BCUT2D eigenvalue weighted by Gasteiger charge is -2.38. The number of benzene rings is 1. The Hall–Kier alpha value is -1.83. The van der Waals surface area contributed by atoms with E-state index in [2.05, 4.69) is 0 Å². The largest absolute Gasteiger partial charge is 0.416 e. The minimum Gasteiger partial charge on any atom is -0.195 e. The molecule has 0 aromatic heterocycles. The maximum Gasteiger partial charge on any atom is 0.416 e. The van der Waals surface area contributed by atoms with Crippen LogP contribution in [0.2, 0.25) is 0 Å². The Labute approximate surface area is 170 Å². The van der Waals surface area contributed by atoms with Gasteiger partial charge in [0.1, 0.15) is 6.07 Å². The van der Waals surface area contributed by atoms with Gasteiger partial charge in [-0.3, -0.25) is 0 Å². The molecule has 0 amide bonds. The molecular weight excluding hydrogens is 378 g/mol. The summed E-state index contributed by atoms with van der Waals surface area (Å²) in [6, 6.07) is 7.25. The fraction of sp³-hybridized carbons (Fsp3) is 0.625. The number of nitriles is 1. The molecular formula is C24H29F4N. The van der Waals surface area contributed by atoms with Crippen LogP contribution in [-0.2, 0) is 6.18 Å². The average molecular weight is 407 g/mol. The SMILES string of the molecule is N#C/C(F)=C/CCC1CCC(C2CCC(c3ccc(C(F)(F)F)cc3)CC2)CC1. The maximum absolute atomic E-state index is 12.9. The minimum absolute atomic E-state index is 0.381. The summed E-state index contributed by atoms with van der Waals surface area (Å²) in [7, 11) is 0. The molecule has 1 aromatic rings. The number of hydrogen-bond acceptors (Lipinski definition) is 1. The summed E-state index contributed by atoms with van der Waals surface area (Å²) >= 11 is 0. The fourth-order valence-electron chi connectivity index (χ4n) is 5.31. The molecule has 0 aliphatic heterocycles. The number of hydrogen-bond donors (Lipinski definition) is 0. The van der Waals surface area contributed by atoms with E-state index in [1.165, 1.54) is 50.0 Å². The quantitative estimate of drug-likeness (QED) is 0.359. The van der Waals surface area contributed by atoms with Crippen molar-refractivity contribution in [2.45, 2.75) is 76.3 Å². The number of halogens is 4. The summed E-state index contributed by atoms with van der Waals surface area (Å²) in [6.07, 6.45) is 8.02. The summed E-state index contributed by atoms with van der Waals surface area (Å²) in [5.74, 6) is 1.83. The zero-order chi connectivity index (χ0) is 20.9. The molecule has 2 aliphatic carbocycles. The van der Waals surface area contributed by atoms with Crippen LogP contribution in [0, 0.1) is 29.1 Å². The van der Waals surface area contributed by atoms with Gasteiger partial charge < -0.3 is 0 Å². The monoisotopic (exact) mass is 407 g/mol. The van der Waals surface area contributed by atoms with Gasteiger partial charge in [-0.15, -0.1) is 0 Å². The molecule has 1 nitrogen and oxygen atoms in total. The molecule has 2 aliphatic rings. The first-order chi connectivity index (χ1) is 13.9. The van der Waals surface area contributed by atoms with E-state index in [9.17, 15) is 17.6 Å². The third-order valence-electron chi connectivity index (χ3n) is 7.04. The molecule has 1 aromatic carbocycles. The second-order valence-corrected chi connectivity index (χ2v) is 8.75. The molecule has 3 rings (SSSR count).